The van der Waals surface area contributed by atoms with E-state index in [9.17, 15) is 19.7 Å². The van der Waals surface area contributed by atoms with Gasteiger partial charge < -0.3 is 9.47 Å². The average molecular weight is 375 g/mol. The summed E-state index contributed by atoms with van der Waals surface area (Å²) in [6, 6.07) is 6.24. The van der Waals surface area contributed by atoms with Gasteiger partial charge >= 0.3 is 11.9 Å². The number of carbonyl (C=O) groups is 2. The Balaban J connectivity index is 1.97. The number of hydrogen-bond donors (Lipinski definition) is 0. The van der Waals surface area contributed by atoms with Gasteiger partial charge in [0.05, 0.1) is 15.9 Å². The lowest BCUT2D eigenvalue weighted by atomic mass is 9.66. The van der Waals surface area contributed by atoms with E-state index in [2.05, 4.69) is 0 Å². The topological polar surface area (TPSA) is 95.7 Å². The SMILES string of the molecule is CC(C)[C@H](OC(=O)[C@@]12CCC(C)(C(=O)O1)C2(C)C)c1ccccc1[N+](=O)[O-]. The minimum atomic E-state index is -1.35. The predicted molar refractivity (Wildman–Crippen MR) is 96.7 cm³/mol. The van der Waals surface area contributed by atoms with E-state index in [1.165, 1.54) is 6.07 Å². The number of nitro benzene ring substituents is 1. The van der Waals surface area contributed by atoms with Crippen molar-refractivity contribution in [3.63, 3.8) is 0 Å². The number of rotatable bonds is 5. The fraction of sp³-hybridized carbons (Fsp3) is 0.600. The highest BCUT2D eigenvalue weighted by Gasteiger charge is 2.76. The number of nitro groups is 1. The number of fused-ring (bicyclic) bond motifs is 2. The van der Waals surface area contributed by atoms with Crippen LogP contribution < -0.4 is 0 Å². The lowest BCUT2D eigenvalue weighted by molar-refractivity contribution is -0.386. The normalized spacial score (nSPS) is 29.5. The quantitative estimate of drug-likeness (QED) is 0.439. The molecule has 0 N–H and O–H groups in total. The van der Waals surface area contributed by atoms with Gasteiger partial charge in [-0.05, 0) is 31.7 Å². The molecule has 1 aliphatic carbocycles. The van der Waals surface area contributed by atoms with Crippen molar-refractivity contribution in [2.24, 2.45) is 16.7 Å². The Morgan fingerprint density at radius 3 is 2.33 bits per heavy atom. The van der Waals surface area contributed by atoms with Crippen LogP contribution in [0.1, 0.15) is 59.1 Å². The Morgan fingerprint density at radius 2 is 1.85 bits per heavy atom. The number of carbonyl (C=O) groups excluding carboxylic acids is 2. The van der Waals surface area contributed by atoms with Gasteiger partial charge in [0.15, 0.2) is 0 Å². The molecule has 3 rings (SSSR count). The smallest absolute Gasteiger partial charge is 0.351 e. The van der Waals surface area contributed by atoms with E-state index in [4.69, 9.17) is 9.47 Å². The lowest BCUT2D eigenvalue weighted by Gasteiger charge is -2.36. The Morgan fingerprint density at radius 1 is 1.22 bits per heavy atom. The minimum absolute atomic E-state index is 0.0968. The van der Waals surface area contributed by atoms with Crippen molar-refractivity contribution in [3.05, 3.63) is 39.9 Å². The third-order valence-electron chi connectivity index (χ3n) is 6.69. The van der Waals surface area contributed by atoms with Crippen LogP contribution in [0.2, 0.25) is 0 Å². The Labute approximate surface area is 158 Å². The molecule has 2 bridgehead atoms. The van der Waals surface area contributed by atoms with Crippen LogP contribution in [-0.2, 0) is 19.1 Å². The summed E-state index contributed by atoms with van der Waals surface area (Å²) in [5.74, 6) is -1.21. The third kappa shape index (κ3) is 2.47. The van der Waals surface area contributed by atoms with Gasteiger partial charge in [0.1, 0.15) is 6.10 Å². The van der Waals surface area contributed by atoms with Gasteiger partial charge in [0.2, 0.25) is 5.60 Å². The molecule has 27 heavy (non-hydrogen) atoms. The molecule has 2 aliphatic rings. The number of hydrogen-bond acceptors (Lipinski definition) is 6. The van der Waals surface area contributed by atoms with Gasteiger partial charge in [-0.2, -0.15) is 0 Å². The molecule has 0 amide bonds. The van der Waals surface area contributed by atoms with Crippen molar-refractivity contribution >= 4 is 17.6 Å². The summed E-state index contributed by atoms with van der Waals surface area (Å²) in [5, 5.41) is 11.4. The Kier molecular flexibility index (Phi) is 4.32. The van der Waals surface area contributed by atoms with Gasteiger partial charge in [0.25, 0.3) is 5.69 Å². The highest BCUT2D eigenvalue weighted by atomic mass is 16.6. The second-order valence-electron chi connectivity index (χ2n) is 8.56. The van der Waals surface area contributed by atoms with E-state index in [0.29, 0.717) is 18.4 Å². The first kappa shape index (κ1) is 19.3. The summed E-state index contributed by atoms with van der Waals surface area (Å²) >= 11 is 0. The summed E-state index contributed by atoms with van der Waals surface area (Å²) < 4.78 is 11.4. The van der Waals surface area contributed by atoms with E-state index in [1.807, 2.05) is 34.6 Å². The first-order valence-electron chi connectivity index (χ1n) is 9.16. The zero-order valence-corrected chi connectivity index (χ0v) is 16.3. The molecule has 1 saturated carbocycles. The molecule has 146 valence electrons. The highest BCUT2D eigenvalue weighted by molar-refractivity contribution is 5.93. The first-order chi connectivity index (χ1) is 12.5. The van der Waals surface area contributed by atoms with E-state index in [-0.39, 0.29) is 17.6 Å². The van der Waals surface area contributed by atoms with Crippen molar-refractivity contribution in [2.75, 3.05) is 0 Å². The number of benzene rings is 1. The van der Waals surface area contributed by atoms with Crippen LogP contribution in [-0.4, -0.2) is 22.5 Å². The largest absolute Gasteiger partial charge is 0.454 e. The molecule has 0 radical (unpaired) electrons. The van der Waals surface area contributed by atoms with E-state index in [0.717, 1.165) is 0 Å². The standard InChI is InChI=1S/C20H25NO6/c1-12(2)15(13-8-6-7-9-14(13)21(24)25)26-17(23)20-11-10-19(5,16(22)27-20)18(20,3)4/h6-9,12,15H,10-11H2,1-5H3/t15-,19?,20+/m0/s1. The molecule has 1 saturated heterocycles. The second-order valence-corrected chi connectivity index (χ2v) is 8.56. The lowest BCUT2D eigenvalue weighted by Crippen LogP contribution is -2.49. The van der Waals surface area contributed by atoms with E-state index >= 15 is 0 Å². The first-order valence-corrected chi connectivity index (χ1v) is 9.16. The molecular weight excluding hydrogens is 350 g/mol. The van der Waals surface area contributed by atoms with E-state index in [1.54, 1.807) is 18.2 Å². The summed E-state index contributed by atoms with van der Waals surface area (Å²) in [7, 11) is 0. The molecule has 1 aromatic carbocycles. The molecule has 1 heterocycles. The van der Waals surface area contributed by atoms with Crippen molar-refractivity contribution in [2.45, 2.75) is 59.2 Å². The van der Waals surface area contributed by atoms with Crippen molar-refractivity contribution < 1.29 is 24.0 Å². The summed E-state index contributed by atoms with van der Waals surface area (Å²) in [6.45, 7) is 9.18. The summed E-state index contributed by atoms with van der Waals surface area (Å²) in [5.41, 5.74) is -2.57. The average Bonchev–Trinajstić information content (AvgIpc) is 2.89. The summed E-state index contributed by atoms with van der Waals surface area (Å²) in [4.78, 5) is 36.5. The van der Waals surface area contributed by atoms with Crippen molar-refractivity contribution in [3.8, 4) is 0 Å². The number of nitrogens with zero attached hydrogens (tertiary/aromatic N) is 1. The van der Waals surface area contributed by atoms with Crippen LogP contribution in [0.25, 0.3) is 0 Å². The van der Waals surface area contributed by atoms with Crippen LogP contribution in [0.15, 0.2) is 24.3 Å². The molecule has 1 aliphatic heterocycles. The molecular formula is C20H25NO6. The fourth-order valence-electron chi connectivity index (χ4n) is 4.37. The fourth-order valence-corrected chi connectivity index (χ4v) is 4.37. The van der Waals surface area contributed by atoms with Crippen LogP contribution in [0.3, 0.4) is 0 Å². The Hall–Kier alpha value is -2.44. The van der Waals surface area contributed by atoms with Gasteiger partial charge in [-0.15, -0.1) is 0 Å². The molecule has 2 fully saturated rings. The molecule has 0 aromatic heterocycles. The molecule has 3 atom stereocenters. The minimum Gasteiger partial charge on any atom is -0.454 e. The number of para-hydroxylation sites is 1. The van der Waals surface area contributed by atoms with Crippen LogP contribution in [0.4, 0.5) is 5.69 Å². The van der Waals surface area contributed by atoms with Gasteiger partial charge in [-0.1, -0.05) is 39.8 Å². The van der Waals surface area contributed by atoms with Crippen LogP contribution in [0, 0.1) is 26.9 Å². The molecule has 0 spiro atoms. The van der Waals surface area contributed by atoms with Crippen molar-refractivity contribution in [1.82, 2.24) is 0 Å². The summed E-state index contributed by atoms with van der Waals surface area (Å²) in [6.07, 6.45) is 0.129. The van der Waals surface area contributed by atoms with Gasteiger partial charge in [0, 0.05) is 11.5 Å². The highest BCUT2D eigenvalue weighted by Crippen LogP contribution is 2.66. The monoisotopic (exact) mass is 375 g/mol. The maximum absolute atomic E-state index is 13.2. The predicted octanol–water partition coefficient (Wildman–Crippen LogP) is 3.96. The molecule has 7 heteroatoms. The zero-order chi connectivity index (χ0) is 20.2. The maximum atomic E-state index is 13.2. The number of esters is 2. The van der Waals surface area contributed by atoms with Gasteiger partial charge in [-0.3, -0.25) is 14.9 Å². The van der Waals surface area contributed by atoms with Crippen LogP contribution in [0.5, 0.6) is 0 Å². The molecule has 7 nitrogen and oxygen atoms in total. The maximum Gasteiger partial charge on any atom is 0.351 e. The molecule has 1 unspecified atom stereocenters. The number of ether oxygens (including phenoxy) is 2. The van der Waals surface area contributed by atoms with Gasteiger partial charge in [-0.25, -0.2) is 4.79 Å². The van der Waals surface area contributed by atoms with E-state index < -0.39 is 33.4 Å². The third-order valence-corrected chi connectivity index (χ3v) is 6.69. The Bertz CT molecular complexity index is 816. The second kappa shape index (κ2) is 6.04. The molecule has 1 aromatic rings. The van der Waals surface area contributed by atoms with Crippen molar-refractivity contribution in [1.29, 1.82) is 0 Å². The van der Waals surface area contributed by atoms with Crippen LogP contribution >= 0.6 is 0 Å². The zero-order valence-electron chi connectivity index (χ0n) is 16.3.